The van der Waals surface area contributed by atoms with Gasteiger partial charge in [0.25, 0.3) is 0 Å². The molecule has 0 unspecified atom stereocenters. The molecule has 24 heavy (non-hydrogen) atoms. The van der Waals surface area contributed by atoms with Gasteiger partial charge >= 0.3 is 0 Å². The van der Waals surface area contributed by atoms with Crippen molar-refractivity contribution in [3.8, 4) is 5.88 Å². The van der Waals surface area contributed by atoms with Crippen molar-refractivity contribution in [1.29, 1.82) is 0 Å². The summed E-state index contributed by atoms with van der Waals surface area (Å²) < 4.78 is 27.7. The van der Waals surface area contributed by atoms with Crippen LogP contribution in [0, 0.1) is 4.91 Å². The summed E-state index contributed by atoms with van der Waals surface area (Å²) in [6, 6.07) is 8.09. The second-order valence-electron chi connectivity index (χ2n) is 5.50. The zero-order chi connectivity index (χ0) is 17.3. The largest absolute Gasteiger partial charge is 0.493 e. The number of aromatic amines is 1. The van der Waals surface area contributed by atoms with Crippen molar-refractivity contribution in [2.24, 2.45) is 5.18 Å². The zero-order valence-corrected chi connectivity index (χ0v) is 13.9. The normalized spacial score (nSPS) is 12.0. The fourth-order valence-electron chi connectivity index (χ4n) is 2.75. The number of hydrogen-bond donors (Lipinski definition) is 3. The van der Waals surface area contributed by atoms with Gasteiger partial charge in [-0.2, -0.15) is 0 Å². The Labute approximate surface area is 138 Å². The van der Waals surface area contributed by atoms with E-state index < -0.39 is 10.0 Å². The molecule has 2 aromatic carbocycles. The number of aromatic hydroxyl groups is 1. The molecule has 1 heterocycles. The number of hydrogen-bond acceptors (Lipinski definition) is 5. The number of nitrogens with zero attached hydrogens (tertiary/aromatic N) is 1. The topological polar surface area (TPSA) is 112 Å². The molecule has 0 saturated carbocycles. The predicted molar refractivity (Wildman–Crippen MR) is 93.0 cm³/mol. The molecule has 3 rings (SSSR count). The highest BCUT2D eigenvalue weighted by atomic mass is 32.2. The molecule has 0 fully saturated rings. The minimum Gasteiger partial charge on any atom is -0.493 e. The Hall–Kier alpha value is -2.45. The highest BCUT2D eigenvalue weighted by molar-refractivity contribution is 7.89. The number of nitroso groups, excluding NO2 is 1. The maximum absolute atomic E-state index is 12.5. The zero-order valence-electron chi connectivity index (χ0n) is 13.0. The molecule has 0 aliphatic heterocycles. The summed E-state index contributed by atoms with van der Waals surface area (Å²) in [5, 5.41) is 14.2. The van der Waals surface area contributed by atoms with Crippen LogP contribution >= 0.6 is 0 Å². The lowest BCUT2D eigenvalue weighted by molar-refractivity contribution is 0.460. The van der Waals surface area contributed by atoms with Gasteiger partial charge in [-0.1, -0.05) is 31.5 Å². The maximum Gasteiger partial charge on any atom is 0.241 e. The Morgan fingerprint density at radius 2 is 1.92 bits per heavy atom. The van der Waals surface area contributed by atoms with Gasteiger partial charge in [-0.05, 0) is 23.7 Å². The molecule has 0 radical (unpaired) electrons. The van der Waals surface area contributed by atoms with Crippen molar-refractivity contribution in [3.63, 3.8) is 0 Å². The van der Waals surface area contributed by atoms with E-state index in [2.05, 4.69) is 14.9 Å². The first-order valence-corrected chi connectivity index (χ1v) is 9.07. The monoisotopic (exact) mass is 347 g/mol. The number of aromatic nitrogens is 1. The third-order valence-electron chi connectivity index (χ3n) is 3.95. The van der Waals surface area contributed by atoms with Gasteiger partial charge in [0.1, 0.15) is 0 Å². The lowest BCUT2D eigenvalue weighted by Crippen LogP contribution is -2.24. The van der Waals surface area contributed by atoms with Gasteiger partial charge in [0.2, 0.25) is 15.9 Å². The Bertz CT molecular complexity index is 1020. The molecular formula is C16H17N3O4S. The first kappa shape index (κ1) is 16.4. The molecule has 0 amide bonds. The van der Waals surface area contributed by atoms with Gasteiger partial charge in [0, 0.05) is 22.7 Å². The maximum atomic E-state index is 12.5. The standard InChI is InChI=1S/C16H17N3O4S/c1-2-3-9-17-24(22,23)13-6-4-5-11-10(13)7-8-12-14(11)18-16(20)15(12)19-21/h4-8,17-18,20H,2-3,9H2,1H3. The molecule has 126 valence electrons. The van der Waals surface area contributed by atoms with E-state index in [1.807, 2.05) is 6.92 Å². The van der Waals surface area contributed by atoms with Gasteiger partial charge in [-0.15, -0.1) is 4.91 Å². The number of nitrogens with one attached hydrogen (secondary N) is 2. The number of unbranched alkanes of at least 4 members (excludes halogenated alkanes) is 1. The van der Waals surface area contributed by atoms with Crippen molar-refractivity contribution < 1.29 is 13.5 Å². The smallest absolute Gasteiger partial charge is 0.241 e. The average molecular weight is 347 g/mol. The van der Waals surface area contributed by atoms with Gasteiger partial charge in [0.05, 0.1) is 10.4 Å². The second-order valence-corrected chi connectivity index (χ2v) is 7.24. The minimum absolute atomic E-state index is 0.0822. The van der Waals surface area contributed by atoms with Crippen molar-refractivity contribution >= 4 is 37.4 Å². The highest BCUT2D eigenvalue weighted by Gasteiger charge is 2.20. The van der Waals surface area contributed by atoms with Gasteiger partial charge in [-0.25, -0.2) is 13.1 Å². The van der Waals surface area contributed by atoms with E-state index >= 15 is 0 Å². The number of sulfonamides is 1. The molecule has 0 bridgehead atoms. The van der Waals surface area contributed by atoms with E-state index in [4.69, 9.17) is 0 Å². The Kier molecular flexibility index (Phi) is 4.25. The van der Waals surface area contributed by atoms with Crippen LogP contribution in [0.15, 0.2) is 40.4 Å². The molecule has 0 aliphatic carbocycles. The first-order chi connectivity index (χ1) is 11.5. The fourth-order valence-corrected chi connectivity index (χ4v) is 4.05. The predicted octanol–water partition coefficient (Wildman–Crippen LogP) is 3.50. The summed E-state index contributed by atoms with van der Waals surface area (Å²) in [6.07, 6.45) is 1.65. The highest BCUT2D eigenvalue weighted by Crippen LogP contribution is 2.39. The van der Waals surface area contributed by atoms with E-state index in [-0.39, 0.29) is 16.5 Å². The molecule has 0 saturated heterocycles. The molecular weight excluding hydrogens is 330 g/mol. The summed E-state index contributed by atoms with van der Waals surface area (Å²) in [7, 11) is -3.65. The van der Waals surface area contributed by atoms with Crippen LogP contribution in [0.2, 0.25) is 0 Å². The van der Waals surface area contributed by atoms with E-state index in [1.54, 1.807) is 24.3 Å². The van der Waals surface area contributed by atoms with Crippen molar-refractivity contribution in [2.75, 3.05) is 6.54 Å². The van der Waals surface area contributed by atoms with Crippen molar-refractivity contribution in [3.05, 3.63) is 35.2 Å². The third kappa shape index (κ3) is 2.63. The minimum atomic E-state index is -3.65. The summed E-state index contributed by atoms with van der Waals surface area (Å²) in [5.41, 5.74) is 0.395. The van der Waals surface area contributed by atoms with Crippen LogP contribution in [0.3, 0.4) is 0 Å². The first-order valence-electron chi connectivity index (χ1n) is 7.59. The fraction of sp³-hybridized carbons (Fsp3) is 0.250. The number of rotatable bonds is 6. The van der Waals surface area contributed by atoms with E-state index in [1.165, 1.54) is 6.07 Å². The van der Waals surface area contributed by atoms with Gasteiger partial charge in [0.15, 0.2) is 5.69 Å². The van der Waals surface area contributed by atoms with Crippen LogP contribution in [-0.2, 0) is 10.0 Å². The Morgan fingerprint density at radius 3 is 2.62 bits per heavy atom. The van der Waals surface area contributed by atoms with E-state index in [9.17, 15) is 18.4 Å². The van der Waals surface area contributed by atoms with Crippen LogP contribution < -0.4 is 4.72 Å². The van der Waals surface area contributed by atoms with Crippen molar-refractivity contribution in [2.45, 2.75) is 24.7 Å². The van der Waals surface area contributed by atoms with E-state index in [0.717, 1.165) is 12.8 Å². The number of fused-ring (bicyclic) bond motifs is 3. The van der Waals surface area contributed by atoms with Crippen LogP contribution in [-0.4, -0.2) is 25.1 Å². The molecule has 0 spiro atoms. The lowest BCUT2D eigenvalue weighted by Gasteiger charge is -2.10. The Morgan fingerprint density at radius 1 is 1.17 bits per heavy atom. The summed E-state index contributed by atoms with van der Waals surface area (Å²) in [4.78, 5) is 13.7. The third-order valence-corrected chi connectivity index (χ3v) is 5.47. The molecule has 7 nitrogen and oxygen atoms in total. The van der Waals surface area contributed by atoms with Crippen LogP contribution in [0.5, 0.6) is 5.88 Å². The van der Waals surface area contributed by atoms with Crippen LogP contribution in [0.25, 0.3) is 21.7 Å². The summed E-state index contributed by atoms with van der Waals surface area (Å²) in [6.45, 7) is 2.36. The summed E-state index contributed by atoms with van der Waals surface area (Å²) >= 11 is 0. The quantitative estimate of drug-likeness (QED) is 0.468. The molecule has 0 atom stereocenters. The number of benzene rings is 2. The second kappa shape index (κ2) is 6.21. The molecule has 1 aromatic heterocycles. The van der Waals surface area contributed by atoms with Crippen LogP contribution in [0.1, 0.15) is 19.8 Å². The van der Waals surface area contributed by atoms with Gasteiger partial charge < -0.3 is 10.1 Å². The Balaban J connectivity index is 2.21. The molecule has 8 heteroatoms. The SMILES string of the molecule is CCCCNS(=O)(=O)c1cccc2c1ccc1c(N=O)c(O)[nH]c12. The van der Waals surface area contributed by atoms with Crippen molar-refractivity contribution in [1.82, 2.24) is 9.71 Å². The molecule has 0 aliphatic rings. The molecule has 3 aromatic rings. The van der Waals surface area contributed by atoms with Gasteiger partial charge in [-0.3, -0.25) is 0 Å². The number of H-pyrrole nitrogens is 1. The average Bonchev–Trinajstić information content (AvgIpc) is 2.89. The summed E-state index contributed by atoms with van der Waals surface area (Å²) in [5.74, 6) is -0.332. The molecule has 3 N–H and O–H groups in total. The van der Waals surface area contributed by atoms with E-state index in [0.29, 0.717) is 28.2 Å². The van der Waals surface area contributed by atoms with Crippen LogP contribution in [0.4, 0.5) is 5.69 Å². The lowest BCUT2D eigenvalue weighted by atomic mass is 10.1.